The number of rotatable bonds is 1. The van der Waals surface area contributed by atoms with Crippen molar-refractivity contribution in [3.05, 3.63) is 42.0 Å². The normalized spacial score (nSPS) is 47.5. The Morgan fingerprint density at radius 1 is 0.962 bits per heavy atom. The molecule has 3 fully saturated rings. The Hall–Kier alpha value is -1.16. The molecule has 3 aliphatic carbocycles. The Balaban J connectivity index is 1.64. The Morgan fingerprint density at radius 3 is 2.27 bits per heavy atom. The van der Waals surface area contributed by atoms with Crippen LogP contribution in [0.2, 0.25) is 0 Å². The maximum atomic E-state index is 11.2. The Labute approximate surface area is 156 Å². The highest BCUT2D eigenvalue weighted by atomic mass is 16.8. The summed E-state index contributed by atoms with van der Waals surface area (Å²) in [7, 11) is 0. The molecular weight excluding hydrogens is 324 g/mol. The molecule has 3 nitrogen and oxygen atoms in total. The van der Waals surface area contributed by atoms with E-state index < -0.39 is 11.4 Å². The summed E-state index contributed by atoms with van der Waals surface area (Å²) in [6.07, 6.45) is 9.91. The van der Waals surface area contributed by atoms with Crippen LogP contribution >= 0.6 is 0 Å². The zero-order chi connectivity index (χ0) is 18.0. The van der Waals surface area contributed by atoms with Gasteiger partial charge in [0.15, 0.2) is 5.79 Å². The lowest BCUT2D eigenvalue weighted by molar-refractivity contribution is -0.240. The lowest BCUT2D eigenvalue weighted by Crippen LogP contribution is -2.58. The van der Waals surface area contributed by atoms with Gasteiger partial charge in [-0.15, -0.1) is 0 Å². The van der Waals surface area contributed by atoms with E-state index in [0.29, 0.717) is 0 Å². The fourth-order valence-corrected chi connectivity index (χ4v) is 5.89. The van der Waals surface area contributed by atoms with E-state index in [1.807, 2.05) is 6.92 Å². The molecule has 1 aromatic rings. The molecule has 26 heavy (non-hydrogen) atoms. The van der Waals surface area contributed by atoms with Gasteiger partial charge < -0.3 is 14.6 Å². The summed E-state index contributed by atoms with van der Waals surface area (Å²) in [4.78, 5) is 0. The third-order valence-electron chi connectivity index (χ3n) is 7.47. The average molecular weight is 354 g/mol. The summed E-state index contributed by atoms with van der Waals surface area (Å²) in [5.41, 5.74) is 1.92. The number of aliphatic hydroxyl groups is 1. The molecule has 1 aliphatic heterocycles. The molecule has 0 radical (unpaired) electrons. The van der Waals surface area contributed by atoms with Crippen molar-refractivity contribution in [3.63, 3.8) is 0 Å². The fourth-order valence-electron chi connectivity index (χ4n) is 5.89. The summed E-state index contributed by atoms with van der Waals surface area (Å²) >= 11 is 0. The molecule has 3 unspecified atom stereocenters. The van der Waals surface area contributed by atoms with Crippen LogP contribution in [0.25, 0.3) is 5.57 Å². The number of hydrogen-bond donors (Lipinski definition) is 1. The van der Waals surface area contributed by atoms with Gasteiger partial charge >= 0.3 is 0 Å². The molecule has 5 rings (SSSR count). The summed E-state index contributed by atoms with van der Waals surface area (Å²) in [5.74, 6) is -0.777. The van der Waals surface area contributed by atoms with Gasteiger partial charge in [0.25, 0.3) is 0 Å². The predicted molar refractivity (Wildman–Crippen MR) is 101 cm³/mol. The SMILES string of the molecule is CC1(O)CC[C@]2(C)C[C@H]1C1(C=C2c2ccccc2)OC2CCCCC2O1. The van der Waals surface area contributed by atoms with Gasteiger partial charge in [-0.2, -0.15) is 0 Å². The monoisotopic (exact) mass is 354 g/mol. The van der Waals surface area contributed by atoms with Gasteiger partial charge in [-0.1, -0.05) is 50.1 Å². The topological polar surface area (TPSA) is 38.7 Å². The molecule has 1 N–H and O–H groups in total. The summed E-state index contributed by atoms with van der Waals surface area (Å²) in [6, 6.07) is 10.7. The molecule has 3 heteroatoms. The molecule has 1 spiro atoms. The zero-order valence-electron chi connectivity index (χ0n) is 15.9. The summed E-state index contributed by atoms with van der Waals surface area (Å²) in [5, 5.41) is 11.2. The minimum Gasteiger partial charge on any atom is -0.390 e. The standard InChI is InChI=1S/C23H30O3/c1-21-12-13-22(2,24)20(15-21)23(14-17(21)16-8-4-3-5-9-16)25-18-10-6-7-11-19(18)26-23/h3-5,8-9,14,18-20,24H,6-7,10-13,15H2,1-2H3/t18?,19?,20-,21-,22?,23?/m1/s1. The highest BCUT2D eigenvalue weighted by Gasteiger charge is 2.63. The van der Waals surface area contributed by atoms with E-state index >= 15 is 0 Å². The van der Waals surface area contributed by atoms with Crippen molar-refractivity contribution in [2.75, 3.05) is 0 Å². The van der Waals surface area contributed by atoms with Crippen molar-refractivity contribution in [2.45, 2.75) is 82.4 Å². The Bertz CT molecular complexity index is 708. The van der Waals surface area contributed by atoms with Crippen LogP contribution in [0, 0.1) is 11.3 Å². The van der Waals surface area contributed by atoms with Crippen LogP contribution in [0.1, 0.15) is 64.4 Å². The first-order valence-corrected chi connectivity index (χ1v) is 10.3. The van der Waals surface area contributed by atoms with E-state index in [9.17, 15) is 5.11 Å². The number of benzene rings is 1. The largest absolute Gasteiger partial charge is 0.390 e. The first kappa shape index (κ1) is 17.0. The molecule has 140 valence electrons. The highest BCUT2D eigenvalue weighted by molar-refractivity contribution is 5.72. The van der Waals surface area contributed by atoms with Crippen molar-refractivity contribution in [2.24, 2.45) is 11.3 Å². The van der Waals surface area contributed by atoms with Crippen LogP contribution in [-0.4, -0.2) is 28.7 Å². The van der Waals surface area contributed by atoms with Crippen LogP contribution in [0.5, 0.6) is 0 Å². The van der Waals surface area contributed by atoms with Crippen LogP contribution in [0.15, 0.2) is 36.4 Å². The zero-order valence-corrected chi connectivity index (χ0v) is 15.9. The smallest absolute Gasteiger partial charge is 0.194 e. The van der Waals surface area contributed by atoms with Gasteiger partial charge in [0.2, 0.25) is 0 Å². The van der Waals surface area contributed by atoms with E-state index in [1.54, 1.807) is 0 Å². The third kappa shape index (κ3) is 2.44. The average Bonchev–Trinajstić information content (AvgIpc) is 3.01. The highest BCUT2D eigenvalue weighted by Crippen LogP contribution is 2.61. The minimum absolute atomic E-state index is 0.00758. The molecule has 0 aromatic heterocycles. The van der Waals surface area contributed by atoms with Crippen molar-refractivity contribution >= 4 is 5.57 Å². The van der Waals surface area contributed by atoms with Crippen molar-refractivity contribution in [1.82, 2.24) is 0 Å². The summed E-state index contributed by atoms with van der Waals surface area (Å²) < 4.78 is 13.3. The van der Waals surface area contributed by atoms with E-state index in [4.69, 9.17) is 9.47 Å². The summed E-state index contributed by atoms with van der Waals surface area (Å²) in [6.45, 7) is 4.33. The molecule has 2 saturated carbocycles. The van der Waals surface area contributed by atoms with Gasteiger partial charge in [-0.25, -0.2) is 0 Å². The molecule has 4 aliphatic rings. The first-order valence-electron chi connectivity index (χ1n) is 10.3. The second-order valence-electron chi connectivity index (χ2n) is 9.42. The lowest BCUT2D eigenvalue weighted by atomic mass is 9.55. The molecule has 2 bridgehead atoms. The van der Waals surface area contributed by atoms with Gasteiger partial charge in [0.1, 0.15) is 0 Å². The Kier molecular flexibility index (Phi) is 3.70. The lowest BCUT2D eigenvalue weighted by Gasteiger charge is -2.55. The maximum Gasteiger partial charge on any atom is 0.194 e. The molecule has 1 heterocycles. The molecule has 1 saturated heterocycles. The van der Waals surface area contributed by atoms with Crippen LogP contribution < -0.4 is 0 Å². The van der Waals surface area contributed by atoms with E-state index in [0.717, 1.165) is 32.1 Å². The second-order valence-corrected chi connectivity index (χ2v) is 9.42. The second kappa shape index (κ2) is 5.67. The van der Waals surface area contributed by atoms with Gasteiger partial charge in [0.05, 0.1) is 17.8 Å². The third-order valence-corrected chi connectivity index (χ3v) is 7.47. The van der Waals surface area contributed by atoms with Crippen molar-refractivity contribution in [1.29, 1.82) is 0 Å². The van der Waals surface area contributed by atoms with Crippen molar-refractivity contribution in [3.8, 4) is 0 Å². The Morgan fingerprint density at radius 2 is 1.62 bits per heavy atom. The van der Waals surface area contributed by atoms with E-state index in [-0.39, 0.29) is 23.5 Å². The number of ether oxygens (including phenoxy) is 2. The van der Waals surface area contributed by atoms with Crippen molar-refractivity contribution < 1.29 is 14.6 Å². The van der Waals surface area contributed by atoms with Gasteiger partial charge in [0, 0.05) is 5.92 Å². The predicted octanol–water partition coefficient (Wildman–Crippen LogP) is 4.70. The maximum absolute atomic E-state index is 11.2. The van der Waals surface area contributed by atoms with E-state index in [2.05, 4.69) is 43.3 Å². The number of allylic oxidation sites excluding steroid dienone is 1. The van der Waals surface area contributed by atoms with Crippen LogP contribution in [0.4, 0.5) is 0 Å². The van der Waals surface area contributed by atoms with Crippen LogP contribution in [0.3, 0.4) is 0 Å². The number of hydrogen-bond acceptors (Lipinski definition) is 3. The molecule has 0 amide bonds. The molecule has 1 aromatic carbocycles. The number of fused-ring (bicyclic) bond motifs is 4. The fraction of sp³-hybridized carbons (Fsp3) is 0.652. The minimum atomic E-state index is -0.770. The van der Waals surface area contributed by atoms with E-state index in [1.165, 1.54) is 24.0 Å². The quantitative estimate of drug-likeness (QED) is 0.795. The van der Waals surface area contributed by atoms with Crippen LogP contribution in [-0.2, 0) is 9.47 Å². The van der Waals surface area contributed by atoms with Gasteiger partial charge in [-0.3, -0.25) is 0 Å². The van der Waals surface area contributed by atoms with Gasteiger partial charge in [-0.05, 0) is 61.7 Å². The first-order chi connectivity index (χ1) is 12.4. The molecule has 5 atom stereocenters. The molecular formula is C23H30O3.